The van der Waals surface area contributed by atoms with Gasteiger partial charge in [0.2, 0.25) is 5.91 Å². The largest absolute Gasteiger partial charge is 0.481 e. The maximum atomic E-state index is 11.2. The predicted molar refractivity (Wildman–Crippen MR) is 53.0 cm³/mol. The molecule has 0 atom stereocenters. The van der Waals surface area contributed by atoms with Gasteiger partial charge in [-0.1, -0.05) is 0 Å². The number of hydrogen-bond acceptors (Lipinski definition) is 3. The van der Waals surface area contributed by atoms with Gasteiger partial charge in [0.25, 0.3) is 0 Å². The first kappa shape index (κ1) is 10.7. The molecule has 0 spiro atoms. The molecule has 1 rings (SSSR count). The highest BCUT2D eigenvalue weighted by Crippen LogP contribution is 2.08. The van der Waals surface area contributed by atoms with Crippen LogP contribution >= 0.6 is 11.3 Å². The second-order valence-corrected chi connectivity index (χ2v) is 3.73. The molecule has 0 unspecified atom stereocenters. The molecule has 1 aromatic heterocycles. The van der Waals surface area contributed by atoms with E-state index in [0.717, 1.165) is 5.56 Å². The van der Waals surface area contributed by atoms with Crippen LogP contribution in [0.25, 0.3) is 0 Å². The van der Waals surface area contributed by atoms with E-state index in [4.69, 9.17) is 5.11 Å². The highest BCUT2D eigenvalue weighted by atomic mass is 32.1. The Morgan fingerprint density at radius 3 is 2.79 bits per heavy atom. The Labute approximate surface area is 85.8 Å². The summed E-state index contributed by atoms with van der Waals surface area (Å²) in [5, 5.41) is 12.3. The number of carbonyl (C=O) groups is 2. The summed E-state index contributed by atoms with van der Waals surface area (Å²) < 4.78 is 0. The van der Waals surface area contributed by atoms with Crippen molar-refractivity contribution < 1.29 is 14.7 Å². The molecule has 14 heavy (non-hydrogen) atoms. The number of rotatable bonds is 4. The van der Waals surface area contributed by atoms with E-state index in [1.165, 1.54) is 4.90 Å². The molecule has 1 aromatic rings. The van der Waals surface area contributed by atoms with Gasteiger partial charge in [-0.05, 0) is 22.4 Å². The number of carbonyl (C=O) groups excluding carboxylic acids is 1. The topological polar surface area (TPSA) is 57.6 Å². The van der Waals surface area contributed by atoms with Crippen molar-refractivity contribution in [1.29, 1.82) is 0 Å². The Bertz CT molecular complexity index is 321. The van der Waals surface area contributed by atoms with Gasteiger partial charge in [-0.3, -0.25) is 9.59 Å². The predicted octanol–water partition coefficient (Wildman–Crippen LogP) is 1.18. The molecule has 0 bridgehead atoms. The SMILES string of the molecule is CN(Cc1ccsc1)C(=O)CC(=O)O. The average molecular weight is 213 g/mol. The molecule has 0 radical (unpaired) electrons. The first-order valence-electron chi connectivity index (χ1n) is 4.06. The lowest BCUT2D eigenvalue weighted by molar-refractivity contribution is -0.143. The van der Waals surface area contributed by atoms with Gasteiger partial charge in [-0.15, -0.1) is 0 Å². The van der Waals surface area contributed by atoms with Crippen molar-refractivity contribution in [2.24, 2.45) is 0 Å². The third-order valence-electron chi connectivity index (χ3n) is 1.73. The summed E-state index contributed by atoms with van der Waals surface area (Å²) in [7, 11) is 1.60. The van der Waals surface area contributed by atoms with Crippen molar-refractivity contribution in [1.82, 2.24) is 4.90 Å². The maximum Gasteiger partial charge on any atom is 0.312 e. The highest BCUT2D eigenvalue weighted by Gasteiger charge is 2.12. The van der Waals surface area contributed by atoms with E-state index in [1.807, 2.05) is 16.8 Å². The van der Waals surface area contributed by atoms with Crippen molar-refractivity contribution in [3.05, 3.63) is 22.4 Å². The van der Waals surface area contributed by atoms with Gasteiger partial charge in [-0.2, -0.15) is 11.3 Å². The van der Waals surface area contributed by atoms with Crippen LogP contribution in [-0.4, -0.2) is 28.9 Å². The van der Waals surface area contributed by atoms with Crippen LogP contribution < -0.4 is 0 Å². The number of amides is 1. The molecule has 4 nitrogen and oxygen atoms in total. The minimum atomic E-state index is -1.09. The molecule has 0 saturated carbocycles. The Balaban J connectivity index is 2.46. The minimum absolute atomic E-state index is 0.372. The normalized spacial score (nSPS) is 9.79. The van der Waals surface area contributed by atoms with Crippen molar-refractivity contribution in [2.75, 3.05) is 7.05 Å². The third kappa shape index (κ3) is 3.18. The fourth-order valence-electron chi connectivity index (χ4n) is 1.01. The van der Waals surface area contributed by atoms with E-state index in [2.05, 4.69) is 0 Å². The van der Waals surface area contributed by atoms with Crippen LogP contribution in [0.5, 0.6) is 0 Å². The summed E-state index contributed by atoms with van der Waals surface area (Å²) in [5.74, 6) is -1.46. The molecule has 0 fully saturated rings. The lowest BCUT2D eigenvalue weighted by Crippen LogP contribution is -2.27. The van der Waals surface area contributed by atoms with Crippen LogP contribution in [-0.2, 0) is 16.1 Å². The lowest BCUT2D eigenvalue weighted by atomic mass is 10.3. The van der Waals surface area contributed by atoms with Crippen LogP contribution in [0.1, 0.15) is 12.0 Å². The van der Waals surface area contributed by atoms with Gasteiger partial charge in [0.05, 0.1) is 0 Å². The average Bonchev–Trinajstić information content (AvgIpc) is 2.55. The number of thiophene rings is 1. The van der Waals surface area contributed by atoms with Gasteiger partial charge in [0.15, 0.2) is 0 Å². The number of hydrogen-bond donors (Lipinski definition) is 1. The smallest absolute Gasteiger partial charge is 0.312 e. The second-order valence-electron chi connectivity index (χ2n) is 2.95. The number of aliphatic carboxylic acids is 1. The molecule has 1 N–H and O–H groups in total. The Kier molecular flexibility index (Phi) is 3.64. The van der Waals surface area contributed by atoms with Crippen molar-refractivity contribution in [3.8, 4) is 0 Å². The quantitative estimate of drug-likeness (QED) is 0.764. The molecular weight excluding hydrogens is 202 g/mol. The van der Waals surface area contributed by atoms with Gasteiger partial charge < -0.3 is 10.0 Å². The fourth-order valence-corrected chi connectivity index (χ4v) is 1.67. The molecule has 0 aliphatic rings. The first-order valence-corrected chi connectivity index (χ1v) is 5.00. The van der Waals surface area contributed by atoms with Crippen LogP contribution in [0, 0.1) is 0 Å². The maximum absolute atomic E-state index is 11.2. The second kappa shape index (κ2) is 4.76. The number of carboxylic acid groups (broad SMARTS) is 1. The molecular formula is C9H11NO3S. The van der Waals surface area contributed by atoms with E-state index in [0.29, 0.717) is 6.54 Å². The molecule has 5 heteroatoms. The third-order valence-corrected chi connectivity index (χ3v) is 2.46. The van der Waals surface area contributed by atoms with E-state index in [-0.39, 0.29) is 5.91 Å². The Hall–Kier alpha value is -1.36. The molecule has 0 aromatic carbocycles. The summed E-state index contributed by atoms with van der Waals surface area (Å²) in [5.41, 5.74) is 1.02. The molecule has 0 aliphatic carbocycles. The molecule has 0 saturated heterocycles. The van der Waals surface area contributed by atoms with Crippen LogP contribution in [0.2, 0.25) is 0 Å². The molecule has 76 valence electrons. The zero-order valence-electron chi connectivity index (χ0n) is 7.77. The summed E-state index contributed by atoms with van der Waals surface area (Å²) in [6.45, 7) is 0.468. The van der Waals surface area contributed by atoms with Crippen LogP contribution in [0.15, 0.2) is 16.8 Å². The fraction of sp³-hybridized carbons (Fsp3) is 0.333. The van der Waals surface area contributed by atoms with Gasteiger partial charge >= 0.3 is 5.97 Å². The summed E-state index contributed by atoms with van der Waals surface area (Å²) in [4.78, 5) is 22.9. The Morgan fingerprint density at radius 2 is 2.29 bits per heavy atom. The highest BCUT2D eigenvalue weighted by molar-refractivity contribution is 7.07. The van der Waals surface area contributed by atoms with Crippen molar-refractivity contribution in [3.63, 3.8) is 0 Å². The summed E-state index contributed by atoms with van der Waals surface area (Å²) >= 11 is 1.55. The lowest BCUT2D eigenvalue weighted by Gasteiger charge is -2.14. The summed E-state index contributed by atoms with van der Waals surface area (Å²) in [6, 6.07) is 1.91. The zero-order chi connectivity index (χ0) is 10.6. The molecule has 1 heterocycles. The number of carboxylic acids is 1. The monoisotopic (exact) mass is 213 g/mol. The van der Waals surface area contributed by atoms with E-state index in [1.54, 1.807) is 18.4 Å². The molecule has 1 amide bonds. The van der Waals surface area contributed by atoms with Crippen LogP contribution in [0.4, 0.5) is 0 Å². The van der Waals surface area contributed by atoms with E-state index >= 15 is 0 Å². The zero-order valence-corrected chi connectivity index (χ0v) is 8.58. The van der Waals surface area contributed by atoms with Gasteiger partial charge in [-0.25, -0.2) is 0 Å². The summed E-state index contributed by atoms with van der Waals surface area (Å²) in [6.07, 6.45) is -0.444. The van der Waals surface area contributed by atoms with E-state index < -0.39 is 12.4 Å². The van der Waals surface area contributed by atoms with Crippen LogP contribution in [0.3, 0.4) is 0 Å². The van der Waals surface area contributed by atoms with Gasteiger partial charge in [0, 0.05) is 13.6 Å². The Morgan fingerprint density at radius 1 is 1.57 bits per heavy atom. The standard InChI is InChI=1S/C9H11NO3S/c1-10(8(11)4-9(12)13)5-7-2-3-14-6-7/h2-3,6H,4-5H2,1H3,(H,12,13). The number of nitrogens with zero attached hydrogens (tertiary/aromatic N) is 1. The van der Waals surface area contributed by atoms with E-state index in [9.17, 15) is 9.59 Å². The van der Waals surface area contributed by atoms with Gasteiger partial charge in [0.1, 0.15) is 6.42 Å². The first-order chi connectivity index (χ1) is 6.59. The minimum Gasteiger partial charge on any atom is -0.481 e. The molecule has 0 aliphatic heterocycles. The van der Waals surface area contributed by atoms with Crippen molar-refractivity contribution in [2.45, 2.75) is 13.0 Å². The van der Waals surface area contributed by atoms with Crippen molar-refractivity contribution >= 4 is 23.2 Å².